The second-order valence-electron chi connectivity index (χ2n) is 4.22. The van der Waals surface area contributed by atoms with E-state index in [1.165, 1.54) is 9.75 Å². The van der Waals surface area contributed by atoms with Gasteiger partial charge in [0.15, 0.2) is 0 Å². The molecule has 0 radical (unpaired) electrons. The fourth-order valence-corrected chi connectivity index (χ4v) is 2.81. The summed E-state index contributed by atoms with van der Waals surface area (Å²) in [5, 5.41) is 3.76. The van der Waals surface area contributed by atoms with Crippen molar-refractivity contribution in [1.29, 1.82) is 0 Å². The Hall–Kier alpha value is -0.190. The molecular weight excluding hydrogens is 238 g/mol. The van der Waals surface area contributed by atoms with Gasteiger partial charge < -0.3 is 5.32 Å². The van der Waals surface area contributed by atoms with Crippen LogP contribution in [0.25, 0.3) is 0 Å². The topological polar surface area (TPSA) is 29.1 Å². The zero-order valence-electron chi connectivity index (χ0n) is 10.4. The van der Waals surface area contributed by atoms with Crippen LogP contribution in [0.2, 0.25) is 0 Å². The summed E-state index contributed by atoms with van der Waals surface area (Å²) >= 11 is 1.84. The monoisotopic (exact) mass is 259 g/mol. The highest BCUT2D eigenvalue weighted by Crippen LogP contribution is 2.22. The van der Waals surface area contributed by atoms with Gasteiger partial charge in [0.1, 0.15) is 0 Å². The fourth-order valence-electron chi connectivity index (χ4n) is 1.46. The molecule has 4 heteroatoms. The SMILES string of the molecule is Cc1ccc([C@@H](C)NCC[C@H](C)[S@](C)=O)s1. The van der Waals surface area contributed by atoms with Crippen molar-refractivity contribution in [3.8, 4) is 0 Å². The molecule has 0 spiro atoms. The maximum Gasteiger partial charge on any atom is 0.0386 e. The Morgan fingerprint density at radius 2 is 2.12 bits per heavy atom. The van der Waals surface area contributed by atoms with E-state index in [9.17, 15) is 4.21 Å². The number of aryl methyl sites for hydroxylation is 1. The number of nitrogens with one attached hydrogen (secondary N) is 1. The van der Waals surface area contributed by atoms with Crippen LogP contribution >= 0.6 is 11.3 Å². The summed E-state index contributed by atoms with van der Waals surface area (Å²) in [6.07, 6.45) is 2.74. The van der Waals surface area contributed by atoms with E-state index in [1.807, 2.05) is 18.3 Å². The van der Waals surface area contributed by atoms with E-state index in [0.29, 0.717) is 6.04 Å². The highest BCUT2D eigenvalue weighted by Gasteiger charge is 2.09. The van der Waals surface area contributed by atoms with E-state index in [0.717, 1.165) is 13.0 Å². The lowest BCUT2D eigenvalue weighted by Crippen LogP contribution is -2.23. The van der Waals surface area contributed by atoms with Crippen molar-refractivity contribution < 1.29 is 4.21 Å². The first kappa shape index (κ1) is 13.9. The Morgan fingerprint density at radius 1 is 1.44 bits per heavy atom. The molecule has 0 fully saturated rings. The molecule has 0 bridgehead atoms. The van der Waals surface area contributed by atoms with Crippen molar-refractivity contribution in [3.05, 3.63) is 21.9 Å². The van der Waals surface area contributed by atoms with Gasteiger partial charge in [-0.15, -0.1) is 11.3 Å². The first-order valence-corrected chi connectivity index (χ1v) is 8.06. The van der Waals surface area contributed by atoms with Crippen LogP contribution in [0.3, 0.4) is 0 Å². The van der Waals surface area contributed by atoms with E-state index >= 15 is 0 Å². The number of rotatable bonds is 6. The molecule has 1 heterocycles. The molecule has 3 atom stereocenters. The van der Waals surface area contributed by atoms with Crippen LogP contribution in [0, 0.1) is 6.92 Å². The van der Waals surface area contributed by atoms with Gasteiger partial charge in [-0.1, -0.05) is 6.92 Å². The number of hydrogen-bond donors (Lipinski definition) is 1. The normalized spacial score (nSPS) is 17.0. The Bertz CT molecular complexity index is 349. The third-order valence-electron chi connectivity index (χ3n) is 2.76. The lowest BCUT2D eigenvalue weighted by atomic mass is 10.2. The molecule has 0 aromatic carbocycles. The minimum atomic E-state index is -0.703. The maximum atomic E-state index is 11.2. The molecule has 0 saturated heterocycles. The molecule has 2 nitrogen and oxygen atoms in total. The average molecular weight is 259 g/mol. The number of hydrogen-bond acceptors (Lipinski definition) is 3. The minimum Gasteiger partial charge on any atom is -0.309 e. The molecule has 0 unspecified atom stereocenters. The van der Waals surface area contributed by atoms with Crippen LogP contribution in [-0.2, 0) is 10.8 Å². The van der Waals surface area contributed by atoms with E-state index in [-0.39, 0.29) is 5.25 Å². The smallest absolute Gasteiger partial charge is 0.0386 e. The quantitative estimate of drug-likeness (QED) is 0.851. The van der Waals surface area contributed by atoms with Crippen LogP contribution in [-0.4, -0.2) is 22.3 Å². The van der Waals surface area contributed by atoms with Crippen molar-refractivity contribution in [3.63, 3.8) is 0 Å². The lowest BCUT2D eigenvalue weighted by molar-refractivity contribution is 0.560. The second kappa shape index (κ2) is 6.52. The molecular formula is C12H21NOS2. The second-order valence-corrected chi connectivity index (χ2v) is 7.34. The summed E-state index contributed by atoms with van der Waals surface area (Å²) in [4.78, 5) is 2.73. The lowest BCUT2D eigenvalue weighted by Gasteiger charge is -2.14. The predicted molar refractivity (Wildman–Crippen MR) is 73.6 cm³/mol. The number of thiophene rings is 1. The van der Waals surface area contributed by atoms with Gasteiger partial charge in [-0.2, -0.15) is 0 Å². The summed E-state index contributed by atoms with van der Waals surface area (Å²) in [5.74, 6) is 0. The Balaban J connectivity index is 2.30. The molecule has 1 rings (SSSR count). The van der Waals surface area contributed by atoms with Crippen LogP contribution < -0.4 is 5.32 Å². The summed E-state index contributed by atoms with van der Waals surface area (Å²) in [7, 11) is -0.703. The molecule has 92 valence electrons. The first-order valence-electron chi connectivity index (χ1n) is 5.62. The molecule has 0 aliphatic rings. The van der Waals surface area contributed by atoms with E-state index in [4.69, 9.17) is 0 Å². The Labute approximate surface area is 105 Å². The van der Waals surface area contributed by atoms with Crippen molar-refractivity contribution in [2.75, 3.05) is 12.8 Å². The summed E-state index contributed by atoms with van der Waals surface area (Å²) in [6, 6.07) is 4.73. The van der Waals surface area contributed by atoms with E-state index < -0.39 is 10.8 Å². The molecule has 1 N–H and O–H groups in total. The largest absolute Gasteiger partial charge is 0.309 e. The van der Waals surface area contributed by atoms with E-state index in [1.54, 1.807) is 6.26 Å². The Morgan fingerprint density at radius 3 is 2.62 bits per heavy atom. The van der Waals surface area contributed by atoms with Crippen LogP contribution in [0.4, 0.5) is 0 Å². The Kier molecular flexibility index (Phi) is 5.66. The predicted octanol–water partition coefficient (Wildman–Crippen LogP) is 2.86. The minimum absolute atomic E-state index is 0.282. The zero-order chi connectivity index (χ0) is 12.1. The van der Waals surface area contributed by atoms with Gasteiger partial charge in [0.05, 0.1) is 0 Å². The first-order chi connectivity index (χ1) is 7.50. The van der Waals surface area contributed by atoms with Gasteiger partial charge in [0, 0.05) is 38.1 Å². The van der Waals surface area contributed by atoms with Gasteiger partial charge in [-0.3, -0.25) is 4.21 Å². The van der Waals surface area contributed by atoms with Crippen molar-refractivity contribution >= 4 is 22.1 Å². The molecule has 1 aromatic rings. The third-order valence-corrected chi connectivity index (χ3v) is 5.31. The highest BCUT2D eigenvalue weighted by molar-refractivity contribution is 7.84. The van der Waals surface area contributed by atoms with Crippen molar-refractivity contribution in [2.24, 2.45) is 0 Å². The van der Waals surface area contributed by atoms with Gasteiger partial charge in [-0.25, -0.2) is 0 Å². The fraction of sp³-hybridized carbons (Fsp3) is 0.667. The molecule has 0 saturated carbocycles. The zero-order valence-corrected chi connectivity index (χ0v) is 12.1. The van der Waals surface area contributed by atoms with Gasteiger partial charge in [0.2, 0.25) is 0 Å². The molecule has 16 heavy (non-hydrogen) atoms. The molecule has 0 amide bonds. The van der Waals surface area contributed by atoms with Crippen LogP contribution in [0.15, 0.2) is 12.1 Å². The highest BCUT2D eigenvalue weighted by atomic mass is 32.2. The molecule has 1 aromatic heterocycles. The average Bonchev–Trinajstić information content (AvgIpc) is 2.64. The van der Waals surface area contributed by atoms with Crippen LogP contribution in [0.1, 0.15) is 36.1 Å². The standard InChI is InChI=1S/C12H21NOS2/c1-9-5-6-12(15-9)11(3)13-8-7-10(2)16(4)14/h5-6,10-11,13H,7-8H2,1-4H3/t10-,11+,16-/m0/s1. The summed E-state index contributed by atoms with van der Waals surface area (Å²) in [5.41, 5.74) is 0. The summed E-state index contributed by atoms with van der Waals surface area (Å²) in [6.45, 7) is 7.28. The van der Waals surface area contributed by atoms with Crippen LogP contribution in [0.5, 0.6) is 0 Å². The van der Waals surface area contributed by atoms with Crippen molar-refractivity contribution in [1.82, 2.24) is 5.32 Å². The van der Waals surface area contributed by atoms with Gasteiger partial charge >= 0.3 is 0 Å². The third kappa shape index (κ3) is 4.36. The molecule has 0 aliphatic heterocycles. The molecule has 0 aliphatic carbocycles. The van der Waals surface area contributed by atoms with Gasteiger partial charge in [0.25, 0.3) is 0 Å². The van der Waals surface area contributed by atoms with E-state index in [2.05, 4.69) is 31.3 Å². The van der Waals surface area contributed by atoms with Gasteiger partial charge in [-0.05, 0) is 38.9 Å². The maximum absolute atomic E-state index is 11.2. The van der Waals surface area contributed by atoms with Crippen molar-refractivity contribution in [2.45, 2.75) is 38.5 Å². The summed E-state index contributed by atoms with van der Waals surface area (Å²) < 4.78 is 11.2.